The summed E-state index contributed by atoms with van der Waals surface area (Å²) in [5.41, 5.74) is -0.660. The van der Waals surface area contributed by atoms with E-state index in [2.05, 4.69) is 18.6 Å². The van der Waals surface area contributed by atoms with Crippen LogP contribution in [0.2, 0.25) is 0 Å². The van der Waals surface area contributed by atoms with Crippen LogP contribution in [0.3, 0.4) is 0 Å². The zero-order chi connectivity index (χ0) is 23.5. The number of amides is 1. The van der Waals surface area contributed by atoms with Gasteiger partial charge in [0.25, 0.3) is 0 Å². The number of unbranched alkanes of at least 4 members (excludes halogenated alkanes) is 2. The van der Waals surface area contributed by atoms with Gasteiger partial charge < -0.3 is 14.4 Å². The molecule has 0 radical (unpaired) electrons. The number of esters is 1. The van der Waals surface area contributed by atoms with E-state index in [0.717, 1.165) is 31.3 Å². The maximum atomic E-state index is 12.8. The molecular formula is C26H39NO4. The highest BCUT2D eigenvalue weighted by Crippen LogP contribution is 2.35. The Balaban J connectivity index is 3.09. The highest BCUT2D eigenvalue weighted by Gasteiger charge is 2.48. The minimum absolute atomic E-state index is 0.420. The molecule has 0 aliphatic carbocycles. The fourth-order valence-electron chi connectivity index (χ4n) is 3.62. The van der Waals surface area contributed by atoms with Crippen LogP contribution in [-0.4, -0.2) is 40.8 Å². The number of carbonyl (C=O) groups excluding carboxylic acids is 2. The highest BCUT2D eigenvalue weighted by atomic mass is 16.6. The lowest BCUT2D eigenvalue weighted by Crippen LogP contribution is -2.54. The van der Waals surface area contributed by atoms with E-state index < -0.39 is 29.3 Å². The van der Waals surface area contributed by atoms with Gasteiger partial charge in [-0.15, -0.1) is 13.0 Å². The molecule has 2 atom stereocenters. The van der Waals surface area contributed by atoms with Crippen molar-refractivity contribution in [2.24, 2.45) is 0 Å². The second-order valence-corrected chi connectivity index (χ2v) is 9.23. The molecule has 1 heterocycles. The minimum Gasteiger partial charge on any atom is -0.444 e. The average molecular weight is 430 g/mol. The molecule has 0 bridgehead atoms. The Morgan fingerprint density at radius 1 is 1.19 bits per heavy atom. The number of allylic oxidation sites excluding steroid dienone is 4. The van der Waals surface area contributed by atoms with Gasteiger partial charge in [-0.25, -0.2) is 9.59 Å². The summed E-state index contributed by atoms with van der Waals surface area (Å²) in [6, 6.07) is -0.420. The van der Waals surface area contributed by atoms with E-state index in [1.165, 1.54) is 6.08 Å². The van der Waals surface area contributed by atoms with E-state index in [9.17, 15) is 9.59 Å². The van der Waals surface area contributed by atoms with Crippen LogP contribution in [0, 0.1) is 12.3 Å². The molecule has 1 amide bonds. The molecule has 1 fully saturated rings. The predicted molar refractivity (Wildman–Crippen MR) is 125 cm³/mol. The Morgan fingerprint density at radius 3 is 2.48 bits per heavy atom. The first kappa shape index (κ1) is 26.6. The Bertz CT molecular complexity index is 719. The Hall–Kier alpha value is -2.48. The summed E-state index contributed by atoms with van der Waals surface area (Å²) in [6.45, 7) is 13.7. The fourth-order valence-corrected chi connectivity index (χ4v) is 3.62. The standard InChI is InChI=1S/C26H39NO4/c1-8-10-11-12-13-18-23(28)30-26(9-2,19-14-16-21(3)4)22-17-15-20-27(22)24(29)31-25(5,6)7/h2,8,13,16,18,22H,1,10-12,14-15,17,19-20H2,3-7H3/b18-13+/t22?,26-/m1/s1. The van der Waals surface area contributed by atoms with Gasteiger partial charge >= 0.3 is 12.1 Å². The summed E-state index contributed by atoms with van der Waals surface area (Å²) in [4.78, 5) is 27.1. The Kier molecular flexibility index (Phi) is 10.6. The smallest absolute Gasteiger partial charge is 0.410 e. The largest absolute Gasteiger partial charge is 0.444 e. The van der Waals surface area contributed by atoms with Gasteiger partial charge in [0.15, 0.2) is 5.60 Å². The molecule has 1 unspecified atom stereocenters. The van der Waals surface area contributed by atoms with Crippen molar-refractivity contribution in [2.45, 2.75) is 96.8 Å². The molecule has 1 aliphatic rings. The van der Waals surface area contributed by atoms with E-state index >= 15 is 0 Å². The van der Waals surface area contributed by atoms with E-state index in [1.54, 1.807) is 11.0 Å². The maximum Gasteiger partial charge on any atom is 0.410 e. The van der Waals surface area contributed by atoms with Crippen molar-refractivity contribution >= 4 is 12.1 Å². The number of terminal acetylenes is 1. The van der Waals surface area contributed by atoms with Crippen LogP contribution in [0.4, 0.5) is 4.79 Å². The van der Waals surface area contributed by atoms with Crippen molar-refractivity contribution < 1.29 is 19.1 Å². The van der Waals surface area contributed by atoms with Gasteiger partial charge in [-0.3, -0.25) is 0 Å². The lowest BCUT2D eigenvalue weighted by atomic mass is 9.87. The van der Waals surface area contributed by atoms with Crippen LogP contribution in [-0.2, 0) is 14.3 Å². The molecule has 0 aromatic rings. The van der Waals surface area contributed by atoms with Crippen molar-refractivity contribution in [3.05, 3.63) is 36.5 Å². The Labute approximate surface area is 188 Å². The fraction of sp³-hybridized carbons (Fsp3) is 0.615. The highest BCUT2D eigenvalue weighted by molar-refractivity contribution is 5.82. The molecule has 5 nitrogen and oxygen atoms in total. The summed E-state index contributed by atoms with van der Waals surface area (Å²) in [5.74, 6) is 2.27. The predicted octanol–water partition coefficient (Wildman–Crippen LogP) is 5.96. The van der Waals surface area contributed by atoms with Crippen molar-refractivity contribution in [1.82, 2.24) is 4.90 Å². The van der Waals surface area contributed by atoms with Crippen LogP contribution in [0.5, 0.6) is 0 Å². The minimum atomic E-state index is -1.21. The summed E-state index contributed by atoms with van der Waals surface area (Å²) in [6.07, 6.45) is 17.8. The number of carbonyl (C=O) groups is 2. The molecule has 31 heavy (non-hydrogen) atoms. The van der Waals surface area contributed by atoms with Gasteiger partial charge in [-0.2, -0.15) is 0 Å². The van der Waals surface area contributed by atoms with Crippen LogP contribution < -0.4 is 0 Å². The van der Waals surface area contributed by atoms with E-state index in [1.807, 2.05) is 40.7 Å². The normalized spacial score (nSPS) is 18.2. The monoisotopic (exact) mass is 429 g/mol. The zero-order valence-electron chi connectivity index (χ0n) is 19.9. The molecule has 0 aromatic carbocycles. The average Bonchev–Trinajstić information content (AvgIpc) is 3.16. The van der Waals surface area contributed by atoms with E-state index in [-0.39, 0.29) is 0 Å². The van der Waals surface area contributed by atoms with Crippen LogP contribution >= 0.6 is 0 Å². The lowest BCUT2D eigenvalue weighted by Gasteiger charge is -2.39. The summed E-state index contributed by atoms with van der Waals surface area (Å²) < 4.78 is 11.5. The van der Waals surface area contributed by atoms with Crippen molar-refractivity contribution in [2.75, 3.05) is 6.54 Å². The van der Waals surface area contributed by atoms with E-state index in [0.29, 0.717) is 25.8 Å². The third-order valence-electron chi connectivity index (χ3n) is 5.05. The third kappa shape index (κ3) is 9.04. The Morgan fingerprint density at radius 2 is 1.90 bits per heavy atom. The van der Waals surface area contributed by atoms with Crippen LogP contribution in [0.25, 0.3) is 0 Å². The number of hydrogen-bond acceptors (Lipinski definition) is 4. The van der Waals surface area contributed by atoms with Gasteiger partial charge in [-0.05, 0) is 73.1 Å². The van der Waals surface area contributed by atoms with Gasteiger partial charge in [0.05, 0.1) is 6.04 Å². The van der Waals surface area contributed by atoms with Crippen LogP contribution in [0.1, 0.15) is 79.6 Å². The first-order valence-electron chi connectivity index (χ1n) is 11.2. The lowest BCUT2D eigenvalue weighted by molar-refractivity contribution is -0.153. The molecule has 0 aromatic heterocycles. The molecule has 0 saturated carbocycles. The summed E-state index contributed by atoms with van der Waals surface area (Å²) in [5, 5.41) is 0. The number of nitrogens with zero attached hydrogens (tertiary/aromatic N) is 1. The number of hydrogen-bond donors (Lipinski definition) is 0. The number of likely N-dealkylation sites (tertiary alicyclic amines) is 1. The second-order valence-electron chi connectivity index (χ2n) is 9.23. The molecule has 1 saturated heterocycles. The molecule has 0 spiro atoms. The third-order valence-corrected chi connectivity index (χ3v) is 5.05. The van der Waals surface area contributed by atoms with Gasteiger partial charge in [0.1, 0.15) is 5.60 Å². The molecular weight excluding hydrogens is 390 g/mol. The van der Waals surface area contributed by atoms with Crippen molar-refractivity contribution in [1.29, 1.82) is 0 Å². The molecule has 0 N–H and O–H groups in total. The maximum absolute atomic E-state index is 12.8. The summed E-state index contributed by atoms with van der Waals surface area (Å²) >= 11 is 0. The van der Waals surface area contributed by atoms with Crippen LogP contribution in [0.15, 0.2) is 36.5 Å². The SMILES string of the molecule is C#C[C@](CCC=C(C)C)(OC(=O)/C=C/CCCC=C)C1CCCN1C(=O)OC(C)(C)C. The first-order valence-corrected chi connectivity index (χ1v) is 11.2. The van der Waals surface area contributed by atoms with Gasteiger partial charge in [0.2, 0.25) is 0 Å². The van der Waals surface area contributed by atoms with E-state index in [4.69, 9.17) is 15.9 Å². The van der Waals surface area contributed by atoms with Crippen molar-refractivity contribution in [3.8, 4) is 12.3 Å². The molecule has 172 valence electrons. The topological polar surface area (TPSA) is 55.8 Å². The second kappa shape index (κ2) is 12.4. The number of ether oxygens (including phenoxy) is 2. The van der Waals surface area contributed by atoms with Crippen molar-refractivity contribution in [3.63, 3.8) is 0 Å². The molecule has 1 rings (SSSR count). The first-order chi connectivity index (χ1) is 14.5. The zero-order valence-corrected chi connectivity index (χ0v) is 19.9. The number of rotatable bonds is 10. The molecule has 5 heteroatoms. The van der Waals surface area contributed by atoms with Gasteiger partial charge in [-0.1, -0.05) is 29.7 Å². The quantitative estimate of drug-likeness (QED) is 0.141. The van der Waals surface area contributed by atoms with Gasteiger partial charge in [0, 0.05) is 19.0 Å². The summed E-state index contributed by atoms with van der Waals surface area (Å²) in [7, 11) is 0. The molecule has 1 aliphatic heterocycles.